The Morgan fingerprint density at radius 3 is 2.38 bits per heavy atom. The van der Waals surface area contributed by atoms with E-state index in [1.807, 2.05) is 74.7 Å². The monoisotopic (exact) mass is 675 g/mol. The van der Waals surface area contributed by atoms with Crippen LogP contribution < -0.4 is 10.1 Å². The minimum Gasteiger partial charge on any atom is -0.611 e. The fourth-order valence-electron chi connectivity index (χ4n) is 4.82. The van der Waals surface area contributed by atoms with E-state index in [0.717, 1.165) is 54.3 Å². The van der Waals surface area contributed by atoms with E-state index in [1.54, 1.807) is 36.7 Å². The molecule has 1 amide bonds. The van der Waals surface area contributed by atoms with E-state index in [4.69, 9.17) is 9.47 Å². The van der Waals surface area contributed by atoms with Crippen LogP contribution in [0, 0.1) is 6.92 Å². The maximum absolute atomic E-state index is 13.1. The lowest BCUT2D eigenvalue weighted by atomic mass is 10.0. The summed E-state index contributed by atoms with van der Waals surface area (Å²) < 4.78 is 39.5. The summed E-state index contributed by atoms with van der Waals surface area (Å²) in [6, 6.07) is 20.6. The molecule has 250 valence electrons. The smallest absolute Gasteiger partial charge is 0.248 e. The number of carbonyl (C=O) groups is 1. The third-order valence-electron chi connectivity index (χ3n) is 7.54. The molecule has 47 heavy (non-hydrogen) atoms. The van der Waals surface area contributed by atoms with Gasteiger partial charge in [0.1, 0.15) is 17.6 Å². The Morgan fingerprint density at radius 2 is 1.70 bits per heavy atom. The van der Waals surface area contributed by atoms with Gasteiger partial charge in [0.2, 0.25) is 5.91 Å². The van der Waals surface area contributed by atoms with E-state index < -0.39 is 22.4 Å². The van der Waals surface area contributed by atoms with Crippen molar-refractivity contribution in [2.75, 3.05) is 25.1 Å². The molecule has 1 aromatic heterocycles. The fraction of sp³-hybridized carbons (Fsp3) is 0.351. The van der Waals surface area contributed by atoms with Gasteiger partial charge < -0.3 is 28.5 Å². The van der Waals surface area contributed by atoms with Gasteiger partial charge in [-0.25, -0.2) is 4.98 Å². The van der Waals surface area contributed by atoms with Crippen LogP contribution in [-0.2, 0) is 44.2 Å². The van der Waals surface area contributed by atoms with E-state index in [9.17, 15) is 13.9 Å². The topological polar surface area (TPSA) is 112 Å². The quantitative estimate of drug-likeness (QED) is 0.0703. The number of hydrogen-bond donors (Lipinski definition) is 1. The van der Waals surface area contributed by atoms with Crippen LogP contribution >= 0.6 is 0 Å². The highest BCUT2D eigenvalue weighted by Crippen LogP contribution is 2.29. The van der Waals surface area contributed by atoms with Crippen molar-refractivity contribution >= 4 is 40.0 Å². The Hall–Kier alpha value is -3.54. The molecule has 8 nitrogen and oxygen atoms in total. The molecule has 1 heterocycles. The number of rotatable bonds is 17. The van der Waals surface area contributed by atoms with Crippen molar-refractivity contribution in [1.82, 2.24) is 9.55 Å². The highest BCUT2D eigenvalue weighted by molar-refractivity contribution is 7.92. The third kappa shape index (κ3) is 10.5. The summed E-state index contributed by atoms with van der Waals surface area (Å²) in [4.78, 5) is 18.6. The fourth-order valence-corrected chi connectivity index (χ4v) is 7.12. The number of ether oxygens (including phenoxy) is 2. The lowest BCUT2D eigenvalue weighted by molar-refractivity contribution is -0.111. The van der Waals surface area contributed by atoms with Gasteiger partial charge in [-0.1, -0.05) is 25.5 Å². The summed E-state index contributed by atoms with van der Waals surface area (Å²) in [7, 11) is 0. The lowest BCUT2D eigenvalue weighted by Crippen LogP contribution is -2.15. The maximum atomic E-state index is 13.1. The number of nitrogens with zero attached hydrogens (tertiary/aromatic N) is 2. The Balaban J connectivity index is 1.42. The molecule has 2 atom stereocenters. The second-order valence-corrected chi connectivity index (χ2v) is 14.8. The summed E-state index contributed by atoms with van der Waals surface area (Å²) >= 11 is -2.49. The van der Waals surface area contributed by atoms with Gasteiger partial charge in [0, 0.05) is 30.5 Å². The molecule has 4 rings (SSSR count). The molecule has 0 saturated heterocycles. The normalized spacial score (nSPS) is 12.9. The molecular weight excluding hydrogens is 631 g/mol. The van der Waals surface area contributed by atoms with Crippen molar-refractivity contribution in [3.63, 3.8) is 0 Å². The number of amides is 1. The molecule has 10 heteroatoms. The predicted molar refractivity (Wildman–Crippen MR) is 192 cm³/mol. The van der Waals surface area contributed by atoms with E-state index >= 15 is 0 Å². The van der Waals surface area contributed by atoms with E-state index in [1.165, 1.54) is 6.08 Å². The van der Waals surface area contributed by atoms with Crippen LogP contribution in [0.2, 0.25) is 0 Å². The summed E-state index contributed by atoms with van der Waals surface area (Å²) in [6.07, 6.45) is 7.07. The van der Waals surface area contributed by atoms with Gasteiger partial charge in [0.05, 0.1) is 24.3 Å². The van der Waals surface area contributed by atoms with Gasteiger partial charge in [0.15, 0.2) is 15.5 Å². The van der Waals surface area contributed by atoms with Gasteiger partial charge >= 0.3 is 0 Å². The van der Waals surface area contributed by atoms with E-state index in [-0.39, 0.29) is 11.2 Å². The van der Waals surface area contributed by atoms with Crippen LogP contribution in [0.15, 0.2) is 88.9 Å². The van der Waals surface area contributed by atoms with Gasteiger partial charge in [-0.15, -0.1) is 0 Å². The molecule has 0 spiro atoms. The number of nitrogens with one attached hydrogen (secondary N) is 1. The highest BCUT2D eigenvalue weighted by Gasteiger charge is 2.20. The van der Waals surface area contributed by atoms with Crippen LogP contribution in [0.5, 0.6) is 5.75 Å². The second kappa shape index (κ2) is 18.1. The predicted octanol–water partition coefficient (Wildman–Crippen LogP) is 7.55. The van der Waals surface area contributed by atoms with Crippen molar-refractivity contribution < 1.29 is 23.4 Å². The maximum Gasteiger partial charge on any atom is 0.248 e. The molecule has 3 aromatic carbocycles. The first-order valence-corrected chi connectivity index (χ1v) is 18.6. The first-order chi connectivity index (χ1) is 22.7. The standard InChI is InChI=1S/C37H45N3O5S2/c1-6-8-21-44-22-23-45-33-15-9-29(10-16-33)30-11-19-36(47(43)27(3)4)31(24-30)12-20-37(41)39-32-13-17-34(18-14-32)46(42)25-35-28(5)38-26-40(35)7-2/h9-20,24,26-27H,6-8,21-23,25H2,1-5H3,(H,39,41)/b20-12+/t46-,47?/m1/s1. The summed E-state index contributed by atoms with van der Waals surface area (Å²) in [6.45, 7) is 12.5. The second-order valence-electron chi connectivity index (χ2n) is 11.3. The van der Waals surface area contributed by atoms with Crippen LogP contribution in [0.3, 0.4) is 0 Å². The summed E-state index contributed by atoms with van der Waals surface area (Å²) in [5.41, 5.74) is 5.05. The first kappa shape index (κ1) is 36.3. The number of carbonyl (C=O) groups excluding carboxylic acids is 1. The Kier molecular flexibility index (Phi) is 14.0. The molecule has 1 unspecified atom stereocenters. The molecular formula is C37H45N3O5S2. The molecule has 0 fully saturated rings. The zero-order chi connectivity index (χ0) is 33.8. The van der Waals surface area contributed by atoms with Crippen LogP contribution in [0.25, 0.3) is 17.2 Å². The van der Waals surface area contributed by atoms with E-state index in [2.05, 4.69) is 17.2 Å². The molecule has 0 aliphatic heterocycles. The Labute approximate surface area is 285 Å². The number of aromatic nitrogens is 2. The largest absolute Gasteiger partial charge is 0.611 e. The first-order valence-electron chi connectivity index (χ1n) is 16.0. The van der Waals surface area contributed by atoms with Gasteiger partial charge in [0.25, 0.3) is 0 Å². The van der Waals surface area contributed by atoms with Crippen LogP contribution in [-0.4, -0.2) is 49.6 Å². The number of unbranched alkanes of at least 4 members (excludes halogenated alkanes) is 1. The molecule has 0 radical (unpaired) electrons. The number of aryl methyl sites for hydroxylation is 2. The molecule has 0 aliphatic carbocycles. The third-order valence-corrected chi connectivity index (χ3v) is 10.5. The lowest BCUT2D eigenvalue weighted by Gasteiger charge is -2.17. The van der Waals surface area contributed by atoms with Gasteiger partial charge in [-0.2, -0.15) is 0 Å². The zero-order valence-electron chi connectivity index (χ0n) is 27.9. The summed E-state index contributed by atoms with van der Waals surface area (Å²) in [5.74, 6) is 0.813. The van der Waals surface area contributed by atoms with Crippen LogP contribution in [0.4, 0.5) is 5.69 Å². The highest BCUT2D eigenvalue weighted by atomic mass is 32.2. The number of anilines is 1. The molecule has 4 aromatic rings. The molecule has 0 aliphatic rings. The Morgan fingerprint density at radius 1 is 0.979 bits per heavy atom. The van der Waals surface area contributed by atoms with Gasteiger partial charge in [-0.3, -0.25) is 4.79 Å². The van der Waals surface area contributed by atoms with Crippen molar-refractivity contribution in [1.29, 1.82) is 0 Å². The van der Waals surface area contributed by atoms with Crippen molar-refractivity contribution in [3.05, 3.63) is 96.1 Å². The van der Waals surface area contributed by atoms with Crippen molar-refractivity contribution in [3.8, 4) is 16.9 Å². The summed E-state index contributed by atoms with van der Waals surface area (Å²) in [5, 5.41) is 2.78. The molecule has 0 saturated carbocycles. The average Bonchev–Trinajstić information content (AvgIpc) is 3.43. The number of benzene rings is 3. The zero-order valence-corrected chi connectivity index (χ0v) is 29.5. The minimum atomic E-state index is -1.25. The van der Waals surface area contributed by atoms with Crippen molar-refractivity contribution in [2.24, 2.45) is 0 Å². The minimum absolute atomic E-state index is 0.0836. The van der Waals surface area contributed by atoms with Crippen molar-refractivity contribution in [2.45, 2.75) is 74.8 Å². The average molecular weight is 676 g/mol. The Bertz CT molecular complexity index is 1600. The van der Waals surface area contributed by atoms with Crippen LogP contribution in [0.1, 0.15) is 57.5 Å². The molecule has 0 bridgehead atoms. The molecule has 1 N–H and O–H groups in total. The van der Waals surface area contributed by atoms with Gasteiger partial charge in [-0.05, 0) is 128 Å². The van der Waals surface area contributed by atoms with E-state index in [0.29, 0.717) is 40.0 Å². The number of imidazole rings is 1. The SMILES string of the molecule is CCCCOCCOc1ccc(-c2ccc([S+]([O-])C(C)C)c(/C=C/C(=O)Nc3ccc([S@+]([O-])Cc4c(C)ncn4CC)cc3)c2)cc1. The number of hydrogen-bond acceptors (Lipinski definition) is 6.